The second kappa shape index (κ2) is 5.12. The number of aromatic nitrogens is 2. The van der Waals surface area contributed by atoms with Crippen molar-refractivity contribution in [1.29, 1.82) is 0 Å². The minimum absolute atomic E-state index is 0.0186. The summed E-state index contributed by atoms with van der Waals surface area (Å²) in [6, 6.07) is 9.85. The van der Waals surface area contributed by atoms with Crippen molar-refractivity contribution in [2.24, 2.45) is 5.92 Å². The lowest BCUT2D eigenvalue weighted by atomic mass is 9.82. The largest absolute Gasteiger partial charge is 0.349 e. The summed E-state index contributed by atoms with van der Waals surface area (Å²) in [6.07, 6.45) is 4.10. The summed E-state index contributed by atoms with van der Waals surface area (Å²) in [4.78, 5) is 12.1. The topological polar surface area (TPSA) is 46.9 Å². The van der Waals surface area contributed by atoms with Crippen LogP contribution in [0.25, 0.3) is 5.69 Å². The molecule has 0 unspecified atom stereocenters. The molecule has 20 heavy (non-hydrogen) atoms. The van der Waals surface area contributed by atoms with Crippen LogP contribution >= 0.6 is 0 Å². The second-order valence-electron chi connectivity index (χ2n) is 5.70. The Morgan fingerprint density at radius 2 is 1.95 bits per heavy atom. The highest BCUT2D eigenvalue weighted by molar-refractivity contribution is 5.94. The predicted molar refractivity (Wildman–Crippen MR) is 78.0 cm³/mol. The van der Waals surface area contributed by atoms with E-state index >= 15 is 0 Å². The van der Waals surface area contributed by atoms with Crippen molar-refractivity contribution in [1.82, 2.24) is 15.1 Å². The SMILES string of the molecule is Cc1ccn(-c2ccc(C(=O)NC3CC(C)C3)cc2)n1. The van der Waals surface area contributed by atoms with Crippen molar-refractivity contribution >= 4 is 5.91 Å². The third-order valence-electron chi connectivity index (χ3n) is 3.83. The molecule has 1 heterocycles. The second-order valence-corrected chi connectivity index (χ2v) is 5.70. The number of hydrogen-bond donors (Lipinski definition) is 1. The van der Waals surface area contributed by atoms with Gasteiger partial charge in [-0.1, -0.05) is 6.92 Å². The molecule has 0 spiro atoms. The van der Waals surface area contributed by atoms with Crippen molar-refractivity contribution in [3.63, 3.8) is 0 Å². The van der Waals surface area contributed by atoms with E-state index in [2.05, 4.69) is 17.3 Å². The molecule has 4 nitrogen and oxygen atoms in total. The van der Waals surface area contributed by atoms with Crippen LogP contribution < -0.4 is 5.32 Å². The molecule has 0 atom stereocenters. The molecule has 0 aliphatic heterocycles. The van der Waals surface area contributed by atoms with Gasteiger partial charge in [0.15, 0.2) is 0 Å². The fourth-order valence-corrected chi connectivity index (χ4v) is 2.61. The van der Waals surface area contributed by atoms with E-state index in [0.717, 1.165) is 30.1 Å². The maximum absolute atomic E-state index is 12.1. The Bertz CT molecular complexity index is 609. The molecule has 1 saturated carbocycles. The third-order valence-corrected chi connectivity index (χ3v) is 3.83. The van der Waals surface area contributed by atoms with Gasteiger partial charge in [-0.05, 0) is 56.0 Å². The first-order valence-corrected chi connectivity index (χ1v) is 7.05. The monoisotopic (exact) mass is 269 g/mol. The molecule has 0 bridgehead atoms. The van der Waals surface area contributed by atoms with Crippen LogP contribution in [0.3, 0.4) is 0 Å². The zero-order valence-electron chi connectivity index (χ0n) is 11.8. The maximum Gasteiger partial charge on any atom is 0.251 e. The lowest BCUT2D eigenvalue weighted by Gasteiger charge is -2.33. The molecule has 104 valence electrons. The number of aryl methyl sites for hydroxylation is 1. The molecule has 1 aromatic heterocycles. The van der Waals surface area contributed by atoms with E-state index < -0.39 is 0 Å². The summed E-state index contributed by atoms with van der Waals surface area (Å²) in [6.45, 7) is 4.17. The number of carbonyl (C=O) groups is 1. The van der Waals surface area contributed by atoms with Gasteiger partial charge in [-0.2, -0.15) is 5.10 Å². The normalized spacial score (nSPS) is 21.3. The minimum Gasteiger partial charge on any atom is -0.349 e. The van der Waals surface area contributed by atoms with Crippen molar-refractivity contribution in [2.75, 3.05) is 0 Å². The van der Waals surface area contributed by atoms with E-state index in [4.69, 9.17) is 0 Å². The number of carbonyl (C=O) groups excluding carboxylic acids is 1. The zero-order valence-corrected chi connectivity index (χ0v) is 11.8. The molecule has 3 rings (SSSR count). The summed E-state index contributed by atoms with van der Waals surface area (Å²) in [5.41, 5.74) is 2.65. The Morgan fingerprint density at radius 1 is 1.25 bits per heavy atom. The molecule has 1 fully saturated rings. The highest BCUT2D eigenvalue weighted by atomic mass is 16.1. The Labute approximate surface area is 118 Å². The standard InChI is InChI=1S/C16H19N3O/c1-11-9-14(10-11)17-16(20)13-3-5-15(6-4-13)19-8-7-12(2)18-19/h3-8,11,14H,9-10H2,1-2H3,(H,17,20). The highest BCUT2D eigenvalue weighted by Crippen LogP contribution is 2.26. The van der Waals surface area contributed by atoms with Crippen LogP contribution in [0.1, 0.15) is 35.8 Å². The van der Waals surface area contributed by atoms with Gasteiger partial charge in [-0.15, -0.1) is 0 Å². The van der Waals surface area contributed by atoms with Crippen LogP contribution in [0.2, 0.25) is 0 Å². The van der Waals surface area contributed by atoms with Gasteiger partial charge in [0.1, 0.15) is 0 Å². The molecule has 1 aliphatic rings. The highest BCUT2D eigenvalue weighted by Gasteiger charge is 2.26. The number of nitrogens with one attached hydrogen (secondary N) is 1. The van der Waals surface area contributed by atoms with Gasteiger partial charge < -0.3 is 5.32 Å². The quantitative estimate of drug-likeness (QED) is 0.931. The Kier molecular flexibility index (Phi) is 3.30. The van der Waals surface area contributed by atoms with Crippen LogP contribution in [-0.2, 0) is 0 Å². The number of hydrogen-bond acceptors (Lipinski definition) is 2. The third kappa shape index (κ3) is 2.59. The summed E-state index contributed by atoms with van der Waals surface area (Å²) < 4.78 is 1.81. The van der Waals surface area contributed by atoms with Gasteiger partial charge in [0.2, 0.25) is 0 Å². The zero-order chi connectivity index (χ0) is 14.1. The van der Waals surface area contributed by atoms with E-state index in [1.165, 1.54) is 0 Å². The average Bonchev–Trinajstić information content (AvgIpc) is 2.84. The van der Waals surface area contributed by atoms with Crippen LogP contribution in [0.15, 0.2) is 36.5 Å². The number of nitrogens with zero attached hydrogens (tertiary/aromatic N) is 2. The lowest BCUT2D eigenvalue weighted by Crippen LogP contribution is -2.43. The minimum atomic E-state index is 0.0186. The van der Waals surface area contributed by atoms with Gasteiger partial charge in [-0.3, -0.25) is 4.79 Å². The molecular weight excluding hydrogens is 250 g/mol. The number of rotatable bonds is 3. The fourth-order valence-electron chi connectivity index (χ4n) is 2.61. The molecule has 1 aliphatic carbocycles. The fraction of sp³-hybridized carbons (Fsp3) is 0.375. The number of amides is 1. The molecule has 0 saturated heterocycles. The molecule has 4 heteroatoms. The summed E-state index contributed by atoms with van der Waals surface area (Å²) in [5, 5.41) is 7.42. The Balaban J connectivity index is 1.68. The Hall–Kier alpha value is -2.10. The van der Waals surface area contributed by atoms with E-state index in [1.807, 2.05) is 48.1 Å². The van der Waals surface area contributed by atoms with Crippen LogP contribution in [0.4, 0.5) is 0 Å². The molecule has 1 amide bonds. The summed E-state index contributed by atoms with van der Waals surface area (Å²) in [5.74, 6) is 0.760. The van der Waals surface area contributed by atoms with E-state index in [1.54, 1.807) is 0 Å². The van der Waals surface area contributed by atoms with Gasteiger partial charge in [0, 0.05) is 17.8 Å². The van der Waals surface area contributed by atoms with E-state index in [9.17, 15) is 4.79 Å². The predicted octanol–water partition coefficient (Wildman–Crippen LogP) is 2.71. The molecular formula is C16H19N3O. The lowest BCUT2D eigenvalue weighted by molar-refractivity contribution is 0.0896. The van der Waals surface area contributed by atoms with Crippen molar-refractivity contribution in [3.05, 3.63) is 47.8 Å². The smallest absolute Gasteiger partial charge is 0.251 e. The van der Waals surface area contributed by atoms with E-state index in [-0.39, 0.29) is 5.91 Å². The summed E-state index contributed by atoms with van der Waals surface area (Å²) in [7, 11) is 0. The van der Waals surface area contributed by atoms with Crippen LogP contribution in [0, 0.1) is 12.8 Å². The number of benzene rings is 1. The van der Waals surface area contributed by atoms with Crippen molar-refractivity contribution < 1.29 is 4.79 Å². The van der Waals surface area contributed by atoms with Crippen LogP contribution in [-0.4, -0.2) is 21.7 Å². The molecule has 1 aromatic carbocycles. The van der Waals surface area contributed by atoms with Crippen LogP contribution in [0.5, 0.6) is 0 Å². The Morgan fingerprint density at radius 3 is 2.50 bits per heavy atom. The van der Waals surface area contributed by atoms with Gasteiger partial charge >= 0.3 is 0 Å². The van der Waals surface area contributed by atoms with Gasteiger partial charge in [0.25, 0.3) is 5.91 Å². The van der Waals surface area contributed by atoms with E-state index in [0.29, 0.717) is 11.6 Å². The molecule has 1 N–H and O–H groups in total. The van der Waals surface area contributed by atoms with Gasteiger partial charge in [0.05, 0.1) is 11.4 Å². The first-order valence-electron chi connectivity index (χ1n) is 7.05. The summed E-state index contributed by atoms with van der Waals surface area (Å²) >= 11 is 0. The average molecular weight is 269 g/mol. The first-order chi connectivity index (χ1) is 9.61. The van der Waals surface area contributed by atoms with Gasteiger partial charge in [-0.25, -0.2) is 4.68 Å². The van der Waals surface area contributed by atoms with Crippen molar-refractivity contribution in [3.8, 4) is 5.69 Å². The molecule has 0 radical (unpaired) electrons. The molecule has 2 aromatic rings. The van der Waals surface area contributed by atoms with Crippen molar-refractivity contribution in [2.45, 2.75) is 32.7 Å². The first kappa shape index (κ1) is 12.9. The maximum atomic E-state index is 12.1.